The number of aryl methyl sites for hydroxylation is 1. The molecule has 124 valence electrons. The van der Waals surface area contributed by atoms with E-state index in [9.17, 15) is 14.9 Å². The number of nitriles is 1. The molecule has 2 aromatic rings. The van der Waals surface area contributed by atoms with Crippen molar-refractivity contribution in [1.82, 2.24) is 0 Å². The van der Waals surface area contributed by atoms with Crippen LogP contribution in [0, 0.1) is 25.2 Å². The first-order valence-electron chi connectivity index (χ1n) is 7.07. The van der Waals surface area contributed by atoms with Gasteiger partial charge >= 0.3 is 5.97 Å². The van der Waals surface area contributed by atoms with Crippen molar-refractivity contribution in [1.29, 1.82) is 5.26 Å². The fourth-order valence-corrected chi connectivity index (χ4v) is 3.76. The van der Waals surface area contributed by atoms with E-state index in [-0.39, 0.29) is 11.7 Å². The highest BCUT2D eigenvalue weighted by molar-refractivity contribution is 8.00. The Bertz CT molecular complexity index is 804. The highest BCUT2D eigenvalue weighted by Gasteiger charge is 2.21. The number of ether oxygens (including phenoxy) is 1. The van der Waals surface area contributed by atoms with Crippen molar-refractivity contribution in [3.05, 3.63) is 45.8 Å². The van der Waals surface area contributed by atoms with Crippen molar-refractivity contribution in [2.45, 2.75) is 18.7 Å². The molecule has 2 rings (SSSR count). The fraction of sp³-hybridized carbons (Fsp3) is 0.235. The molecule has 0 radical (unpaired) electrons. The number of hydrogen-bond donors (Lipinski definition) is 1. The highest BCUT2D eigenvalue weighted by Crippen LogP contribution is 2.33. The van der Waals surface area contributed by atoms with Gasteiger partial charge < -0.3 is 10.1 Å². The average molecular weight is 360 g/mol. The molecule has 1 heterocycles. The maximum Gasteiger partial charge on any atom is 0.348 e. The lowest BCUT2D eigenvalue weighted by Gasteiger charge is -2.04. The Balaban J connectivity index is 2.07. The second kappa shape index (κ2) is 7.99. The minimum atomic E-state index is -0.511. The summed E-state index contributed by atoms with van der Waals surface area (Å²) in [6.07, 6.45) is 0. The van der Waals surface area contributed by atoms with Crippen molar-refractivity contribution in [3.63, 3.8) is 0 Å². The molecule has 1 amide bonds. The Kier molecular flexibility index (Phi) is 6.01. The predicted molar refractivity (Wildman–Crippen MR) is 95.6 cm³/mol. The van der Waals surface area contributed by atoms with Gasteiger partial charge in [0, 0.05) is 4.90 Å². The van der Waals surface area contributed by atoms with Gasteiger partial charge in [0.15, 0.2) is 0 Å². The maximum absolute atomic E-state index is 12.1. The summed E-state index contributed by atoms with van der Waals surface area (Å²) in [5, 5.41) is 12.4. The summed E-state index contributed by atoms with van der Waals surface area (Å²) in [5.74, 6) is -0.517. The number of amides is 1. The Labute approximate surface area is 148 Å². The number of esters is 1. The molecule has 24 heavy (non-hydrogen) atoms. The molecular weight excluding hydrogens is 344 g/mol. The van der Waals surface area contributed by atoms with Crippen LogP contribution in [-0.4, -0.2) is 24.7 Å². The first-order valence-corrected chi connectivity index (χ1v) is 8.87. The summed E-state index contributed by atoms with van der Waals surface area (Å²) < 4.78 is 4.70. The van der Waals surface area contributed by atoms with Crippen molar-refractivity contribution >= 4 is 40.0 Å². The molecule has 0 bridgehead atoms. The predicted octanol–water partition coefficient (Wildman–Crippen LogP) is 3.75. The van der Waals surface area contributed by atoms with E-state index in [4.69, 9.17) is 4.74 Å². The first-order chi connectivity index (χ1) is 11.5. The number of hydrogen-bond acceptors (Lipinski definition) is 6. The van der Waals surface area contributed by atoms with Crippen molar-refractivity contribution in [2.75, 3.05) is 18.2 Å². The van der Waals surface area contributed by atoms with Gasteiger partial charge in [-0.25, -0.2) is 4.79 Å². The number of methoxy groups -OCH3 is 1. The zero-order valence-corrected chi connectivity index (χ0v) is 15.1. The molecular formula is C17H16N2O3S2. The van der Waals surface area contributed by atoms with Crippen LogP contribution in [0.25, 0.3) is 0 Å². The highest BCUT2D eigenvalue weighted by atomic mass is 32.2. The van der Waals surface area contributed by atoms with Gasteiger partial charge in [-0.05, 0) is 31.5 Å². The van der Waals surface area contributed by atoms with Crippen LogP contribution in [-0.2, 0) is 9.53 Å². The molecule has 0 saturated carbocycles. The van der Waals surface area contributed by atoms with Gasteiger partial charge in [0.2, 0.25) is 5.91 Å². The molecule has 0 aliphatic carbocycles. The Morgan fingerprint density at radius 2 is 1.96 bits per heavy atom. The molecule has 0 spiro atoms. The summed E-state index contributed by atoms with van der Waals surface area (Å²) in [7, 11) is 1.28. The number of thioether (sulfide) groups is 1. The van der Waals surface area contributed by atoms with Crippen molar-refractivity contribution in [3.8, 4) is 6.07 Å². The van der Waals surface area contributed by atoms with Crippen LogP contribution in [0.4, 0.5) is 5.00 Å². The standard InChI is InChI=1S/C17H16N2O3S2/c1-10-4-6-12(7-5-10)23-9-14(20)19-16-13(8-18)11(2)15(24-16)17(21)22-3/h4-7H,9H2,1-3H3,(H,19,20). The van der Waals surface area contributed by atoms with Gasteiger partial charge in [0.25, 0.3) is 0 Å². The Morgan fingerprint density at radius 1 is 1.29 bits per heavy atom. The number of thiophene rings is 1. The zero-order valence-electron chi connectivity index (χ0n) is 13.5. The first kappa shape index (κ1) is 18.0. The van der Waals surface area contributed by atoms with Crippen LogP contribution in [0.15, 0.2) is 29.2 Å². The van der Waals surface area contributed by atoms with Gasteiger partial charge in [0.05, 0.1) is 18.4 Å². The smallest absolute Gasteiger partial charge is 0.348 e. The number of nitrogens with zero attached hydrogens (tertiary/aromatic N) is 1. The largest absolute Gasteiger partial charge is 0.465 e. The third-order valence-electron chi connectivity index (χ3n) is 3.27. The number of anilines is 1. The second-order valence-electron chi connectivity index (χ2n) is 5.01. The summed E-state index contributed by atoms with van der Waals surface area (Å²) in [4.78, 5) is 25.2. The quantitative estimate of drug-likeness (QED) is 0.649. The third kappa shape index (κ3) is 4.16. The number of carbonyl (C=O) groups is 2. The lowest BCUT2D eigenvalue weighted by molar-refractivity contribution is -0.113. The molecule has 0 aliphatic heterocycles. The molecule has 5 nitrogen and oxygen atoms in total. The van der Waals surface area contributed by atoms with Crippen LogP contribution >= 0.6 is 23.1 Å². The number of benzene rings is 1. The number of carbonyl (C=O) groups excluding carboxylic acids is 2. The maximum atomic E-state index is 12.1. The van der Waals surface area contributed by atoms with Gasteiger partial charge in [0.1, 0.15) is 15.9 Å². The number of nitrogens with one attached hydrogen (secondary N) is 1. The molecule has 0 atom stereocenters. The van der Waals surface area contributed by atoms with E-state index >= 15 is 0 Å². The molecule has 0 unspecified atom stereocenters. The Hall–Kier alpha value is -2.30. The second-order valence-corrected chi connectivity index (χ2v) is 7.08. The minimum absolute atomic E-state index is 0.221. The van der Waals surface area contributed by atoms with E-state index in [1.807, 2.05) is 37.3 Å². The molecule has 0 fully saturated rings. The molecule has 1 aromatic carbocycles. The third-order valence-corrected chi connectivity index (χ3v) is 5.47. The average Bonchev–Trinajstić information content (AvgIpc) is 2.89. The van der Waals surface area contributed by atoms with Gasteiger partial charge in [-0.1, -0.05) is 17.7 Å². The number of rotatable bonds is 5. The monoisotopic (exact) mass is 360 g/mol. The summed E-state index contributed by atoms with van der Waals surface area (Å²) in [6, 6.07) is 9.91. The topological polar surface area (TPSA) is 79.2 Å². The van der Waals surface area contributed by atoms with Gasteiger partial charge in [-0.15, -0.1) is 23.1 Å². The van der Waals surface area contributed by atoms with E-state index in [1.54, 1.807) is 6.92 Å². The lowest BCUT2D eigenvalue weighted by Crippen LogP contribution is -2.13. The molecule has 0 saturated heterocycles. The van der Waals surface area contributed by atoms with E-state index < -0.39 is 5.97 Å². The normalized spacial score (nSPS) is 10.1. The van der Waals surface area contributed by atoms with E-state index in [2.05, 4.69) is 5.32 Å². The van der Waals surface area contributed by atoms with E-state index in [1.165, 1.54) is 18.9 Å². The van der Waals surface area contributed by atoms with E-state index in [0.717, 1.165) is 21.8 Å². The fourth-order valence-electron chi connectivity index (χ4n) is 1.97. The van der Waals surface area contributed by atoms with E-state index in [0.29, 0.717) is 21.0 Å². The molecule has 1 aromatic heterocycles. The van der Waals surface area contributed by atoms with Crippen LogP contribution in [0.5, 0.6) is 0 Å². The summed E-state index contributed by atoms with van der Waals surface area (Å²) in [6.45, 7) is 3.67. The summed E-state index contributed by atoms with van der Waals surface area (Å²) >= 11 is 2.47. The molecule has 1 N–H and O–H groups in total. The minimum Gasteiger partial charge on any atom is -0.465 e. The van der Waals surface area contributed by atoms with Crippen LogP contribution < -0.4 is 5.32 Å². The van der Waals surface area contributed by atoms with Crippen LogP contribution in [0.1, 0.15) is 26.4 Å². The molecule has 0 aliphatic rings. The lowest BCUT2D eigenvalue weighted by atomic mass is 10.2. The SMILES string of the molecule is COC(=O)c1sc(NC(=O)CSc2ccc(C)cc2)c(C#N)c1C. The van der Waals surface area contributed by atoms with Crippen molar-refractivity contribution < 1.29 is 14.3 Å². The Morgan fingerprint density at radius 3 is 2.54 bits per heavy atom. The van der Waals surface area contributed by atoms with Crippen molar-refractivity contribution in [2.24, 2.45) is 0 Å². The summed E-state index contributed by atoms with van der Waals surface area (Å²) in [5.41, 5.74) is 1.98. The van der Waals surface area contributed by atoms with Gasteiger partial charge in [-0.3, -0.25) is 4.79 Å². The van der Waals surface area contributed by atoms with Crippen LogP contribution in [0.2, 0.25) is 0 Å². The zero-order chi connectivity index (χ0) is 17.7. The van der Waals surface area contributed by atoms with Gasteiger partial charge in [-0.2, -0.15) is 5.26 Å². The van der Waals surface area contributed by atoms with Crippen LogP contribution in [0.3, 0.4) is 0 Å². The molecule has 7 heteroatoms.